The summed E-state index contributed by atoms with van der Waals surface area (Å²) in [7, 11) is 0. The molecule has 0 bridgehead atoms. The van der Waals surface area contributed by atoms with E-state index in [2.05, 4.69) is 37.5 Å². The first-order valence-electron chi connectivity index (χ1n) is 13.0. The second-order valence-corrected chi connectivity index (χ2v) is 11.8. The maximum atomic E-state index is 13.8. The van der Waals surface area contributed by atoms with Crippen molar-refractivity contribution in [1.29, 1.82) is 0 Å². The lowest BCUT2D eigenvalue weighted by atomic mass is 9.61. The highest BCUT2D eigenvalue weighted by Crippen LogP contribution is 2.59. The van der Waals surface area contributed by atoms with Crippen LogP contribution in [0.15, 0.2) is 35.5 Å². The van der Waals surface area contributed by atoms with E-state index in [-0.39, 0.29) is 5.41 Å². The van der Waals surface area contributed by atoms with Gasteiger partial charge in [0, 0.05) is 25.4 Å². The lowest BCUT2D eigenvalue weighted by molar-refractivity contribution is -0.0360. The number of aliphatic hydroxyl groups is 2. The van der Waals surface area contributed by atoms with E-state index in [1.54, 1.807) is 0 Å². The standard InChI is InChI=1S/C28H43F2NO2/c1-18(16-31-13-11-22(17-31)28(4,29)30)24-9-10-25-20(6-5-12-27(24,25)3)7-8-21-14-23(32)15-26(33)19(21)2/h7-8,18,22-26,32-33H,2,5-6,9-17H2,1,3-4H3/b20-7+,21-8-/t18-,22-,23-,24-,25+,26+,27-/m1/s1. The van der Waals surface area contributed by atoms with Crippen molar-refractivity contribution >= 4 is 0 Å². The fourth-order valence-electron chi connectivity index (χ4n) is 7.63. The van der Waals surface area contributed by atoms with E-state index in [0.29, 0.717) is 43.6 Å². The smallest absolute Gasteiger partial charge is 0.249 e. The van der Waals surface area contributed by atoms with Gasteiger partial charge in [-0.1, -0.05) is 38.2 Å². The molecule has 2 N–H and O–H groups in total. The number of hydrogen-bond acceptors (Lipinski definition) is 3. The van der Waals surface area contributed by atoms with Gasteiger partial charge < -0.3 is 15.1 Å². The van der Waals surface area contributed by atoms with Crippen molar-refractivity contribution in [2.45, 2.75) is 90.3 Å². The molecule has 0 radical (unpaired) electrons. The number of likely N-dealkylation sites (tertiary alicyclic amines) is 1. The molecule has 0 aromatic carbocycles. The van der Waals surface area contributed by atoms with Crippen molar-refractivity contribution < 1.29 is 19.0 Å². The molecule has 1 aliphatic heterocycles. The van der Waals surface area contributed by atoms with E-state index in [0.717, 1.165) is 37.6 Å². The van der Waals surface area contributed by atoms with Gasteiger partial charge in [0.15, 0.2) is 0 Å². The minimum Gasteiger partial charge on any atom is -0.393 e. The molecule has 33 heavy (non-hydrogen) atoms. The summed E-state index contributed by atoms with van der Waals surface area (Å²) in [6.45, 7) is 12.2. The average molecular weight is 464 g/mol. The third-order valence-electron chi connectivity index (χ3n) is 9.52. The van der Waals surface area contributed by atoms with E-state index in [9.17, 15) is 19.0 Å². The van der Waals surface area contributed by atoms with Crippen molar-refractivity contribution in [1.82, 2.24) is 4.90 Å². The molecule has 4 aliphatic rings. The molecule has 186 valence electrons. The average Bonchev–Trinajstić information content (AvgIpc) is 3.33. The lowest BCUT2D eigenvalue weighted by Gasteiger charge is -2.45. The van der Waals surface area contributed by atoms with E-state index >= 15 is 0 Å². The quantitative estimate of drug-likeness (QED) is 0.546. The summed E-state index contributed by atoms with van der Waals surface area (Å²) < 4.78 is 27.5. The van der Waals surface area contributed by atoms with Crippen molar-refractivity contribution in [3.8, 4) is 0 Å². The Balaban J connectivity index is 1.44. The SMILES string of the molecule is C=C1/C(=C\C=C2/CCC[C@]3(C)[C@@H]([C@H](C)CN4CC[C@@H](C(C)(F)F)C4)CC[C@@H]23)C[C@@H](O)C[C@@H]1O. The second-order valence-electron chi connectivity index (χ2n) is 11.8. The van der Waals surface area contributed by atoms with Gasteiger partial charge in [0.05, 0.1) is 12.2 Å². The van der Waals surface area contributed by atoms with Crippen LogP contribution in [0, 0.1) is 29.1 Å². The Kier molecular flexibility index (Phi) is 7.25. The maximum absolute atomic E-state index is 13.8. The number of rotatable bonds is 5. The Morgan fingerprint density at radius 3 is 2.70 bits per heavy atom. The molecule has 4 fully saturated rings. The summed E-state index contributed by atoms with van der Waals surface area (Å²) in [6, 6.07) is 0. The number of alkyl halides is 2. The van der Waals surface area contributed by atoms with Gasteiger partial charge in [0.1, 0.15) is 0 Å². The van der Waals surface area contributed by atoms with E-state index in [1.807, 2.05) is 0 Å². The molecule has 4 rings (SSSR count). The van der Waals surface area contributed by atoms with Gasteiger partial charge in [0.2, 0.25) is 5.92 Å². The molecular weight excluding hydrogens is 420 g/mol. The molecule has 0 aromatic heterocycles. The Morgan fingerprint density at radius 2 is 2.00 bits per heavy atom. The van der Waals surface area contributed by atoms with Gasteiger partial charge in [-0.05, 0) is 92.7 Å². The summed E-state index contributed by atoms with van der Waals surface area (Å²) in [4.78, 5) is 2.28. The Bertz CT molecular complexity index is 800. The molecule has 7 atom stereocenters. The van der Waals surface area contributed by atoms with E-state index in [4.69, 9.17) is 0 Å². The van der Waals surface area contributed by atoms with Gasteiger partial charge in [-0.2, -0.15) is 0 Å². The Hall–Kier alpha value is -1.04. The topological polar surface area (TPSA) is 43.7 Å². The Morgan fingerprint density at radius 1 is 1.24 bits per heavy atom. The first kappa shape index (κ1) is 25.1. The van der Waals surface area contributed by atoms with Gasteiger partial charge in [-0.15, -0.1) is 0 Å². The van der Waals surface area contributed by atoms with Crippen LogP contribution in [-0.2, 0) is 0 Å². The molecular formula is C28H43F2NO2. The van der Waals surface area contributed by atoms with Gasteiger partial charge >= 0.3 is 0 Å². The molecule has 1 saturated heterocycles. The summed E-state index contributed by atoms with van der Waals surface area (Å²) in [5, 5.41) is 20.2. The number of allylic oxidation sites excluding steroid dienone is 3. The predicted molar refractivity (Wildman–Crippen MR) is 129 cm³/mol. The maximum Gasteiger partial charge on any atom is 0.249 e. The zero-order valence-electron chi connectivity index (χ0n) is 20.7. The van der Waals surface area contributed by atoms with Gasteiger partial charge in [-0.3, -0.25) is 0 Å². The third-order valence-corrected chi connectivity index (χ3v) is 9.52. The number of halogens is 2. The minimum absolute atomic E-state index is 0.262. The molecule has 5 heteroatoms. The van der Waals surface area contributed by atoms with Gasteiger partial charge in [0.25, 0.3) is 0 Å². The monoisotopic (exact) mass is 463 g/mol. The molecule has 0 unspecified atom stereocenters. The first-order chi connectivity index (χ1) is 15.5. The largest absolute Gasteiger partial charge is 0.393 e. The highest BCUT2D eigenvalue weighted by molar-refractivity contribution is 5.38. The number of aliphatic hydroxyl groups excluding tert-OH is 2. The van der Waals surface area contributed by atoms with Crippen LogP contribution >= 0.6 is 0 Å². The molecule has 1 heterocycles. The van der Waals surface area contributed by atoms with Crippen molar-refractivity contribution in [2.75, 3.05) is 19.6 Å². The highest BCUT2D eigenvalue weighted by Gasteiger charge is 2.51. The van der Waals surface area contributed by atoms with E-state index in [1.165, 1.54) is 31.3 Å². The second kappa shape index (κ2) is 9.54. The fraction of sp³-hybridized carbons (Fsp3) is 0.786. The molecule has 0 spiro atoms. The zero-order chi connectivity index (χ0) is 24.0. The highest BCUT2D eigenvalue weighted by atomic mass is 19.3. The molecule has 0 aromatic rings. The predicted octanol–water partition coefficient (Wildman–Crippen LogP) is 5.74. The summed E-state index contributed by atoms with van der Waals surface area (Å²) >= 11 is 0. The number of fused-ring (bicyclic) bond motifs is 1. The number of hydrogen-bond donors (Lipinski definition) is 2. The van der Waals surface area contributed by atoms with Crippen LogP contribution in [0.1, 0.15) is 72.1 Å². The van der Waals surface area contributed by atoms with Crippen LogP contribution in [0.5, 0.6) is 0 Å². The normalized spacial score (nSPS) is 41.7. The summed E-state index contributed by atoms with van der Waals surface area (Å²) in [6.07, 6.45) is 10.7. The Labute approximate surface area is 198 Å². The summed E-state index contributed by atoms with van der Waals surface area (Å²) in [5.41, 5.74) is 3.48. The van der Waals surface area contributed by atoms with Crippen LogP contribution in [0.3, 0.4) is 0 Å². The van der Waals surface area contributed by atoms with Crippen LogP contribution in [0.4, 0.5) is 8.78 Å². The first-order valence-corrected chi connectivity index (χ1v) is 13.0. The third kappa shape index (κ3) is 5.16. The van der Waals surface area contributed by atoms with Crippen molar-refractivity contribution in [2.24, 2.45) is 29.1 Å². The van der Waals surface area contributed by atoms with Crippen molar-refractivity contribution in [3.63, 3.8) is 0 Å². The fourth-order valence-corrected chi connectivity index (χ4v) is 7.63. The van der Waals surface area contributed by atoms with E-state index < -0.39 is 24.0 Å². The lowest BCUT2D eigenvalue weighted by Crippen LogP contribution is -2.40. The van der Waals surface area contributed by atoms with Gasteiger partial charge in [-0.25, -0.2) is 8.78 Å². The molecule has 0 amide bonds. The zero-order valence-corrected chi connectivity index (χ0v) is 20.7. The van der Waals surface area contributed by atoms with Crippen LogP contribution in [0.2, 0.25) is 0 Å². The van der Waals surface area contributed by atoms with Crippen molar-refractivity contribution in [3.05, 3.63) is 35.5 Å². The van der Waals surface area contributed by atoms with Crippen LogP contribution in [-0.4, -0.2) is 52.9 Å². The molecule has 3 aliphatic carbocycles. The minimum atomic E-state index is -2.57. The summed E-state index contributed by atoms with van der Waals surface area (Å²) in [5.74, 6) is -1.39. The molecule has 3 nitrogen and oxygen atoms in total. The molecule has 3 saturated carbocycles. The number of nitrogens with zero attached hydrogens (tertiary/aromatic N) is 1. The van der Waals surface area contributed by atoms with Crippen LogP contribution in [0.25, 0.3) is 0 Å². The van der Waals surface area contributed by atoms with Crippen LogP contribution < -0.4 is 0 Å².